The third-order valence-corrected chi connectivity index (χ3v) is 3.37. The number of H-pyrrole nitrogens is 2. The van der Waals surface area contributed by atoms with Gasteiger partial charge in [-0.3, -0.25) is 4.79 Å². The first kappa shape index (κ1) is 13.4. The number of hydrogen-bond donors (Lipinski definition) is 4. The number of aromatic amines is 2. The molecule has 0 radical (unpaired) electrons. The van der Waals surface area contributed by atoms with Crippen LogP contribution in [0.4, 0.5) is 0 Å². The van der Waals surface area contributed by atoms with Gasteiger partial charge >= 0.3 is 5.69 Å². The third kappa shape index (κ3) is 2.68. The lowest BCUT2D eigenvalue weighted by Gasteiger charge is -2.24. The lowest BCUT2D eigenvalue weighted by Crippen LogP contribution is -2.34. The number of imidazole rings is 1. The summed E-state index contributed by atoms with van der Waals surface area (Å²) in [6, 6.07) is 5.13. The molecular weight excluding hydrogens is 244 g/mol. The van der Waals surface area contributed by atoms with Gasteiger partial charge in [0.05, 0.1) is 11.0 Å². The molecule has 0 bridgehead atoms. The molecule has 6 N–H and O–H groups in total. The van der Waals surface area contributed by atoms with Crippen LogP contribution in [0.5, 0.6) is 0 Å². The molecular formula is C13H18N4O2. The summed E-state index contributed by atoms with van der Waals surface area (Å²) in [7, 11) is 0. The fraction of sp³-hybridized carbons (Fsp3) is 0.385. The van der Waals surface area contributed by atoms with Gasteiger partial charge in [-0.2, -0.15) is 0 Å². The van der Waals surface area contributed by atoms with Gasteiger partial charge in [-0.1, -0.05) is 19.9 Å². The van der Waals surface area contributed by atoms with Crippen molar-refractivity contribution < 1.29 is 4.79 Å². The molecule has 0 saturated carbocycles. The molecule has 0 spiro atoms. The minimum Gasteiger partial charge on any atom is -0.369 e. The van der Waals surface area contributed by atoms with Crippen molar-refractivity contribution in [1.82, 2.24) is 9.97 Å². The Labute approximate surface area is 110 Å². The predicted octanol–water partition coefficient (Wildman–Crippen LogP) is 0.758. The summed E-state index contributed by atoms with van der Waals surface area (Å²) in [6.45, 7) is 3.54. The number of rotatable bonds is 4. The highest BCUT2D eigenvalue weighted by atomic mass is 16.1. The van der Waals surface area contributed by atoms with Crippen LogP contribution in [-0.4, -0.2) is 15.9 Å². The second-order valence-electron chi connectivity index (χ2n) is 5.44. The van der Waals surface area contributed by atoms with Crippen LogP contribution in [0.3, 0.4) is 0 Å². The Morgan fingerprint density at radius 3 is 2.58 bits per heavy atom. The van der Waals surface area contributed by atoms with Crippen molar-refractivity contribution in [3.05, 3.63) is 34.2 Å². The maximum Gasteiger partial charge on any atom is 0.323 e. The molecule has 0 aliphatic heterocycles. The molecule has 0 aliphatic rings. The smallest absolute Gasteiger partial charge is 0.323 e. The number of hydrogen-bond acceptors (Lipinski definition) is 3. The van der Waals surface area contributed by atoms with Gasteiger partial charge in [-0.15, -0.1) is 0 Å². The highest BCUT2D eigenvalue weighted by Crippen LogP contribution is 2.28. The molecule has 2 aromatic rings. The summed E-state index contributed by atoms with van der Waals surface area (Å²) in [5, 5.41) is 0. The van der Waals surface area contributed by atoms with E-state index in [0.29, 0.717) is 11.9 Å². The largest absolute Gasteiger partial charge is 0.369 e. The number of carbonyl (C=O) groups is 1. The fourth-order valence-electron chi connectivity index (χ4n) is 2.05. The molecule has 1 heterocycles. The van der Waals surface area contributed by atoms with Gasteiger partial charge in [0.25, 0.3) is 0 Å². The topological polar surface area (TPSA) is 118 Å². The van der Waals surface area contributed by atoms with Gasteiger partial charge in [-0.05, 0) is 24.1 Å². The molecule has 2 rings (SSSR count). The van der Waals surface area contributed by atoms with E-state index in [0.717, 1.165) is 11.1 Å². The van der Waals surface area contributed by atoms with Crippen LogP contribution in [-0.2, 0) is 4.79 Å². The summed E-state index contributed by atoms with van der Waals surface area (Å²) >= 11 is 0. The van der Waals surface area contributed by atoms with Gasteiger partial charge in [0.2, 0.25) is 5.91 Å². The highest BCUT2D eigenvalue weighted by Gasteiger charge is 2.28. The lowest BCUT2D eigenvalue weighted by molar-refractivity contribution is -0.126. The van der Waals surface area contributed by atoms with Crippen molar-refractivity contribution in [2.45, 2.75) is 26.3 Å². The molecule has 1 aromatic carbocycles. The van der Waals surface area contributed by atoms with Gasteiger partial charge < -0.3 is 21.4 Å². The Kier molecular flexibility index (Phi) is 3.20. The summed E-state index contributed by atoms with van der Waals surface area (Å²) in [5.41, 5.74) is 12.8. The summed E-state index contributed by atoms with van der Waals surface area (Å²) in [6.07, 6.45) is 0.447. The number of primary amides is 1. The van der Waals surface area contributed by atoms with Crippen molar-refractivity contribution in [1.29, 1.82) is 0 Å². The first-order valence-electron chi connectivity index (χ1n) is 6.07. The number of carbonyl (C=O) groups excluding carboxylic acids is 1. The number of nitrogens with two attached hydrogens (primary N) is 2. The molecule has 102 valence electrons. The zero-order chi connectivity index (χ0) is 14.2. The van der Waals surface area contributed by atoms with E-state index in [2.05, 4.69) is 9.97 Å². The number of benzene rings is 1. The number of nitrogens with one attached hydrogen (secondary N) is 2. The van der Waals surface area contributed by atoms with E-state index in [1.165, 1.54) is 0 Å². The van der Waals surface area contributed by atoms with Crippen molar-refractivity contribution in [2.24, 2.45) is 16.9 Å². The normalized spacial score (nSPS) is 13.6. The van der Waals surface area contributed by atoms with E-state index < -0.39 is 5.41 Å². The van der Waals surface area contributed by atoms with Crippen molar-refractivity contribution >= 4 is 16.9 Å². The van der Waals surface area contributed by atoms with Crippen molar-refractivity contribution in [2.75, 3.05) is 0 Å². The van der Waals surface area contributed by atoms with E-state index in [1.807, 2.05) is 12.1 Å². The average Bonchev–Trinajstić information content (AvgIpc) is 2.66. The van der Waals surface area contributed by atoms with E-state index in [9.17, 15) is 9.59 Å². The monoisotopic (exact) mass is 262 g/mol. The van der Waals surface area contributed by atoms with Crippen LogP contribution >= 0.6 is 0 Å². The van der Waals surface area contributed by atoms with Crippen LogP contribution < -0.4 is 17.2 Å². The van der Waals surface area contributed by atoms with Crippen LogP contribution in [0.15, 0.2) is 23.0 Å². The van der Waals surface area contributed by atoms with E-state index in [1.54, 1.807) is 19.9 Å². The molecule has 19 heavy (non-hydrogen) atoms. The molecule has 1 amide bonds. The zero-order valence-corrected chi connectivity index (χ0v) is 11.0. The standard InChI is InChI=1S/C13H18N4O2/c1-13(2,11(15)18)6-8(14)7-3-4-9-10(5-7)17-12(19)16-9/h3-5,8H,6,14H2,1-2H3,(H2,15,18)(H2,16,17,19). The Morgan fingerprint density at radius 1 is 1.32 bits per heavy atom. The van der Waals surface area contributed by atoms with E-state index >= 15 is 0 Å². The predicted molar refractivity (Wildman–Crippen MR) is 73.4 cm³/mol. The van der Waals surface area contributed by atoms with Crippen molar-refractivity contribution in [3.63, 3.8) is 0 Å². The second-order valence-corrected chi connectivity index (χ2v) is 5.44. The Balaban J connectivity index is 2.28. The van der Waals surface area contributed by atoms with Crippen LogP contribution in [0, 0.1) is 5.41 Å². The second kappa shape index (κ2) is 4.55. The summed E-state index contributed by atoms with van der Waals surface area (Å²) < 4.78 is 0. The minimum absolute atomic E-state index is 0.252. The average molecular weight is 262 g/mol. The summed E-state index contributed by atoms with van der Waals surface area (Å²) in [4.78, 5) is 27.8. The first-order valence-corrected chi connectivity index (χ1v) is 6.07. The van der Waals surface area contributed by atoms with Gasteiger partial charge in [0.1, 0.15) is 0 Å². The van der Waals surface area contributed by atoms with Gasteiger partial charge in [-0.25, -0.2) is 4.79 Å². The molecule has 6 heteroatoms. The first-order chi connectivity index (χ1) is 8.79. The van der Waals surface area contributed by atoms with Crippen LogP contribution in [0.25, 0.3) is 11.0 Å². The summed E-state index contributed by atoms with van der Waals surface area (Å²) in [5.74, 6) is -0.376. The van der Waals surface area contributed by atoms with Gasteiger partial charge in [0.15, 0.2) is 0 Å². The maximum absolute atomic E-state index is 11.3. The fourth-order valence-corrected chi connectivity index (χ4v) is 2.05. The Bertz CT molecular complexity index is 669. The zero-order valence-electron chi connectivity index (χ0n) is 11.0. The van der Waals surface area contributed by atoms with Crippen LogP contribution in [0.1, 0.15) is 31.9 Å². The maximum atomic E-state index is 11.3. The number of amides is 1. The number of aromatic nitrogens is 2. The SMILES string of the molecule is CC(C)(CC(N)c1ccc2[nH]c(=O)[nH]c2c1)C(N)=O. The lowest BCUT2D eigenvalue weighted by atomic mass is 9.83. The number of fused-ring (bicyclic) bond motifs is 1. The van der Waals surface area contributed by atoms with Gasteiger partial charge in [0, 0.05) is 11.5 Å². The molecule has 0 fully saturated rings. The molecule has 6 nitrogen and oxygen atoms in total. The van der Waals surface area contributed by atoms with E-state index in [-0.39, 0.29) is 17.6 Å². The Morgan fingerprint density at radius 2 is 1.95 bits per heavy atom. The molecule has 0 aliphatic carbocycles. The molecule has 0 saturated heterocycles. The highest BCUT2D eigenvalue weighted by molar-refractivity contribution is 5.80. The minimum atomic E-state index is -0.667. The molecule has 1 aromatic heterocycles. The molecule has 1 atom stereocenters. The van der Waals surface area contributed by atoms with Crippen molar-refractivity contribution in [3.8, 4) is 0 Å². The van der Waals surface area contributed by atoms with Crippen LogP contribution in [0.2, 0.25) is 0 Å². The third-order valence-electron chi connectivity index (χ3n) is 3.37. The molecule has 1 unspecified atom stereocenters. The van der Waals surface area contributed by atoms with E-state index in [4.69, 9.17) is 11.5 Å². The quantitative estimate of drug-likeness (QED) is 0.651. The Hall–Kier alpha value is -2.08.